The number of nitrogens with one attached hydrogen (secondary N) is 3. The molecule has 0 aliphatic carbocycles. The van der Waals surface area contributed by atoms with Crippen molar-refractivity contribution in [3.8, 4) is 0 Å². The van der Waals surface area contributed by atoms with Crippen LogP contribution in [0.3, 0.4) is 0 Å². The quantitative estimate of drug-likeness (QED) is 0.703. The molecule has 0 radical (unpaired) electrons. The fraction of sp³-hybridized carbons (Fsp3) is 0.611. The van der Waals surface area contributed by atoms with Gasteiger partial charge in [0.25, 0.3) is 0 Å². The Morgan fingerprint density at radius 3 is 3.08 bits per heavy atom. The second kappa shape index (κ2) is 8.80. The third-order valence-corrected chi connectivity index (χ3v) is 4.84. The number of amides is 2. The van der Waals surface area contributed by atoms with Crippen LogP contribution in [0.25, 0.3) is 0 Å². The Bertz CT molecular complexity index is 580. The highest BCUT2D eigenvalue weighted by atomic mass is 16.2. The number of carbonyl (C=O) groups excluding carboxylic acids is 2. The Kier molecular flexibility index (Phi) is 6.22. The van der Waals surface area contributed by atoms with Crippen molar-refractivity contribution in [2.45, 2.75) is 31.7 Å². The Labute approximate surface area is 148 Å². The van der Waals surface area contributed by atoms with E-state index in [4.69, 9.17) is 0 Å². The summed E-state index contributed by atoms with van der Waals surface area (Å²) in [5.41, 5.74) is 0. The van der Waals surface area contributed by atoms with Crippen LogP contribution in [-0.2, 0) is 9.59 Å². The lowest BCUT2D eigenvalue weighted by Gasteiger charge is -2.19. The van der Waals surface area contributed by atoms with Crippen LogP contribution in [0.1, 0.15) is 25.7 Å². The topological polar surface area (TPSA) is 86.4 Å². The Morgan fingerprint density at radius 1 is 1.32 bits per heavy atom. The molecule has 0 saturated carbocycles. The molecule has 0 spiro atoms. The number of carbonyl (C=O) groups is 2. The van der Waals surface area contributed by atoms with Gasteiger partial charge in [-0.25, -0.2) is 4.98 Å². The van der Waals surface area contributed by atoms with E-state index in [2.05, 4.69) is 25.8 Å². The molecule has 25 heavy (non-hydrogen) atoms. The molecule has 1 aromatic heterocycles. The molecule has 136 valence electrons. The summed E-state index contributed by atoms with van der Waals surface area (Å²) >= 11 is 0. The Balaban J connectivity index is 1.38. The molecule has 3 heterocycles. The number of likely N-dealkylation sites (tertiary alicyclic amines) is 1. The molecule has 7 nitrogen and oxygen atoms in total. The number of pyridine rings is 1. The highest BCUT2D eigenvalue weighted by molar-refractivity contribution is 5.88. The van der Waals surface area contributed by atoms with Crippen LogP contribution in [-0.4, -0.2) is 60.5 Å². The van der Waals surface area contributed by atoms with Gasteiger partial charge in [-0.2, -0.15) is 0 Å². The third kappa shape index (κ3) is 5.42. The second-order valence-corrected chi connectivity index (χ2v) is 6.89. The van der Waals surface area contributed by atoms with E-state index in [1.54, 1.807) is 6.20 Å². The first-order chi connectivity index (χ1) is 12.2. The minimum atomic E-state index is -0.376. The summed E-state index contributed by atoms with van der Waals surface area (Å²) in [6, 6.07) is 5.44. The zero-order valence-electron chi connectivity index (χ0n) is 14.5. The van der Waals surface area contributed by atoms with Crippen LogP contribution in [0.4, 0.5) is 5.82 Å². The van der Waals surface area contributed by atoms with Gasteiger partial charge >= 0.3 is 0 Å². The summed E-state index contributed by atoms with van der Waals surface area (Å²) in [5.74, 6) is 1.29. The van der Waals surface area contributed by atoms with Crippen molar-refractivity contribution in [3.63, 3.8) is 0 Å². The Morgan fingerprint density at radius 2 is 2.24 bits per heavy atom. The fourth-order valence-electron chi connectivity index (χ4n) is 3.46. The van der Waals surface area contributed by atoms with E-state index in [9.17, 15) is 9.59 Å². The molecular weight excluding hydrogens is 318 g/mol. The largest absolute Gasteiger partial charge is 0.370 e. The van der Waals surface area contributed by atoms with Gasteiger partial charge in [0.1, 0.15) is 11.9 Å². The first kappa shape index (κ1) is 17.7. The zero-order chi connectivity index (χ0) is 17.5. The average molecular weight is 345 g/mol. The maximum absolute atomic E-state index is 12.3. The number of hydrogen-bond donors (Lipinski definition) is 3. The van der Waals surface area contributed by atoms with E-state index < -0.39 is 0 Å². The summed E-state index contributed by atoms with van der Waals surface area (Å²) in [4.78, 5) is 30.6. The summed E-state index contributed by atoms with van der Waals surface area (Å²) < 4.78 is 0. The second-order valence-electron chi connectivity index (χ2n) is 6.89. The number of hydrogen-bond acceptors (Lipinski definition) is 5. The molecule has 2 atom stereocenters. The molecular formula is C18H27N5O2. The van der Waals surface area contributed by atoms with Gasteiger partial charge in [-0.3, -0.25) is 14.5 Å². The van der Waals surface area contributed by atoms with E-state index in [1.165, 1.54) is 0 Å². The monoisotopic (exact) mass is 345 g/mol. The lowest BCUT2D eigenvalue weighted by molar-refractivity contribution is -0.129. The average Bonchev–Trinajstić information content (AvgIpc) is 2.96. The van der Waals surface area contributed by atoms with Gasteiger partial charge in [0, 0.05) is 25.8 Å². The van der Waals surface area contributed by atoms with Gasteiger partial charge in [-0.05, 0) is 50.3 Å². The van der Waals surface area contributed by atoms with E-state index in [-0.39, 0.29) is 17.9 Å². The molecule has 2 aliphatic rings. The molecule has 3 N–H and O–H groups in total. The minimum Gasteiger partial charge on any atom is -0.370 e. The molecule has 0 aromatic carbocycles. The van der Waals surface area contributed by atoms with Crippen LogP contribution >= 0.6 is 0 Å². The molecule has 2 amide bonds. The van der Waals surface area contributed by atoms with Crippen LogP contribution in [0.5, 0.6) is 0 Å². The Hall–Kier alpha value is -2.15. The van der Waals surface area contributed by atoms with Crippen molar-refractivity contribution in [1.29, 1.82) is 0 Å². The minimum absolute atomic E-state index is 0.0512. The van der Waals surface area contributed by atoms with Crippen molar-refractivity contribution in [1.82, 2.24) is 20.5 Å². The lowest BCUT2D eigenvalue weighted by Crippen LogP contribution is -2.48. The maximum Gasteiger partial charge on any atom is 0.242 e. The molecule has 2 aliphatic heterocycles. The van der Waals surface area contributed by atoms with Crippen molar-refractivity contribution in [2.24, 2.45) is 5.92 Å². The van der Waals surface area contributed by atoms with Gasteiger partial charge in [0.05, 0.1) is 6.54 Å². The summed E-state index contributed by atoms with van der Waals surface area (Å²) in [6.07, 6.45) is 5.52. The van der Waals surface area contributed by atoms with Crippen LogP contribution in [0.2, 0.25) is 0 Å². The molecule has 2 unspecified atom stereocenters. The molecule has 3 rings (SSSR count). The maximum atomic E-state index is 12.3. The van der Waals surface area contributed by atoms with Crippen molar-refractivity contribution >= 4 is 17.6 Å². The summed E-state index contributed by atoms with van der Waals surface area (Å²) in [7, 11) is 0. The van der Waals surface area contributed by atoms with E-state index >= 15 is 0 Å². The van der Waals surface area contributed by atoms with Gasteiger partial charge in [-0.1, -0.05) is 6.07 Å². The van der Waals surface area contributed by atoms with Gasteiger partial charge in [0.15, 0.2) is 0 Å². The molecule has 2 saturated heterocycles. The van der Waals surface area contributed by atoms with Crippen molar-refractivity contribution in [2.75, 3.05) is 38.0 Å². The van der Waals surface area contributed by atoms with Crippen LogP contribution < -0.4 is 16.0 Å². The number of aromatic nitrogens is 1. The fourth-order valence-corrected chi connectivity index (χ4v) is 3.46. The third-order valence-electron chi connectivity index (χ3n) is 4.84. The van der Waals surface area contributed by atoms with Crippen molar-refractivity contribution < 1.29 is 9.59 Å². The molecule has 2 fully saturated rings. The predicted octanol–water partition coefficient (Wildman–Crippen LogP) is 0.600. The normalized spacial score (nSPS) is 24.4. The first-order valence-corrected chi connectivity index (χ1v) is 9.15. The van der Waals surface area contributed by atoms with E-state index in [0.717, 1.165) is 51.1 Å². The number of rotatable bonds is 6. The van der Waals surface area contributed by atoms with Gasteiger partial charge in [-0.15, -0.1) is 0 Å². The molecule has 1 aromatic rings. The SMILES string of the molecule is O=C(CN1CCC(CNc2ccccn2)C1)NC1CCCCNC1=O. The van der Waals surface area contributed by atoms with Gasteiger partial charge in [0.2, 0.25) is 11.8 Å². The van der Waals surface area contributed by atoms with Crippen LogP contribution in [0.15, 0.2) is 24.4 Å². The standard InChI is InChI=1S/C18H27N5O2/c24-17(22-15-5-1-3-9-20-18(15)25)13-23-10-7-14(12-23)11-21-16-6-2-4-8-19-16/h2,4,6,8,14-15H,1,3,5,7,9-13H2,(H,19,21)(H,20,25)(H,22,24). The predicted molar refractivity (Wildman–Crippen MR) is 96.1 cm³/mol. The van der Waals surface area contributed by atoms with E-state index in [1.807, 2.05) is 18.2 Å². The molecule has 0 bridgehead atoms. The highest BCUT2D eigenvalue weighted by Gasteiger charge is 2.26. The summed E-state index contributed by atoms with van der Waals surface area (Å²) in [5, 5.41) is 9.09. The molecule has 7 heteroatoms. The zero-order valence-corrected chi connectivity index (χ0v) is 14.5. The van der Waals surface area contributed by atoms with E-state index in [0.29, 0.717) is 19.0 Å². The lowest BCUT2D eigenvalue weighted by atomic mass is 10.1. The van der Waals surface area contributed by atoms with Gasteiger partial charge < -0.3 is 16.0 Å². The first-order valence-electron chi connectivity index (χ1n) is 9.15. The van der Waals surface area contributed by atoms with Crippen molar-refractivity contribution in [3.05, 3.63) is 24.4 Å². The van der Waals surface area contributed by atoms with Crippen LogP contribution in [0, 0.1) is 5.92 Å². The highest BCUT2D eigenvalue weighted by Crippen LogP contribution is 2.16. The number of nitrogens with zero attached hydrogens (tertiary/aromatic N) is 2. The smallest absolute Gasteiger partial charge is 0.242 e. The summed E-state index contributed by atoms with van der Waals surface area (Å²) in [6.45, 7) is 3.75. The number of anilines is 1.